The van der Waals surface area contributed by atoms with Gasteiger partial charge < -0.3 is 25.2 Å². The molecule has 0 atom stereocenters. The second kappa shape index (κ2) is 12.4. The third-order valence-corrected chi connectivity index (χ3v) is 4.31. The molecular formula is C18H35N5O3. The molecule has 0 bridgehead atoms. The largest absolute Gasteiger partial charge is 0.450 e. The highest BCUT2D eigenvalue weighted by atomic mass is 16.6. The van der Waals surface area contributed by atoms with Gasteiger partial charge >= 0.3 is 6.09 Å². The zero-order valence-corrected chi connectivity index (χ0v) is 16.7. The average molecular weight is 370 g/mol. The number of hydrogen-bond donors (Lipinski definition) is 2. The van der Waals surface area contributed by atoms with Gasteiger partial charge in [0, 0.05) is 39.8 Å². The van der Waals surface area contributed by atoms with Crippen LogP contribution in [0.15, 0.2) is 4.99 Å². The third kappa shape index (κ3) is 8.40. The molecule has 8 nitrogen and oxygen atoms in total. The van der Waals surface area contributed by atoms with Crippen molar-refractivity contribution in [3.8, 4) is 0 Å². The number of hydrogen-bond acceptors (Lipinski definition) is 4. The summed E-state index contributed by atoms with van der Waals surface area (Å²) in [7, 11) is 3.45. The summed E-state index contributed by atoms with van der Waals surface area (Å²) in [6, 6.07) is 0.229. The molecule has 8 heteroatoms. The first-order valence-electron chi connectivity index (χ1n) is 9.64. The molecule has 0 spiro atoms. The van der Waals surface area contributed by atoms with Gasteiger partial charge in [-0.2, -0.15) is 0 Å². The minimum Gasteiger partial charge on any atom is -0.450 e. The molecule has 1 saturated heterocycles. The topological polar surface area (TPSA) is 86.3 Å². The Kier molecular flexibility index (Phi) is 10.5. The third-order valence-electron chi connectivity index (χ3n) is 4.31. The number of nitrogens with one attached hydrogen (secondary N) is 2. The SMILES string of the molecule is CCCCCNC(=NCC(=O)N(C)C)NC1CCN(C(=O)OCC)CC1. The minimum atomic E-state index is -0.242. The van der Waals surface area contributed by atoms with Crippen LogP contribution < -0.4 is 10.6 Å². The van der Waals surface area contributed by atoms with Gasteiger partial charge in [-0.1, -0.05) is 19.8 Å². The maximum absolute atomic E-state index is 11.8. The summed E-state index contributed by atoms with van der Waals surface area (Å²) >= 11 is 0. The molecule has 1 fully saturated rings. The van der Waals surface area contributed by atoms with Crippen LogP contribution in [-0.2, 0) is 9.53 Å². The fourth-order valence-electron chi connectivity index (χ4n) is 2.64. The number of aliphatic imine (C=N–C) groups is 1. The van der Waals surface area contributed by atoms with E-state index >= 15 is 0 Å². The fourth-order valence-corrected chi connectivity index (χ4v) is 2.64. The molecule has 26 heavy (non-hydrogen) atoms. The molecule has 0 radical (unpaired) electrons. The number of rotatable bonds is 8. The molecule has 0 aliphatic carbocycles. The van der Waals surface area contributed by atoms with Gasteiger partial charge in [0.15, 0.2) is 5.96 Å². The van der Waals surface area contributed by atoms with E-state index in [9.17, 15) is 9.59 Å². The minimum absolute atomic E-state index is 0.0308. The summed E-state index contributed by atoms with van der Waals surface area (Å²) in [4.78, 5) is 31.3. The van der Waals surface area contributed by atoms with E-state index in [4.69, 9.17) is 4.74 Å². The Morgan fingerprint density at radius 1 is 1.19 bits per heavy atom. The van der Waals surface area contributed by atoms with Gasteiger partial charge in [-0.3, -0.25) is 4.79 Å². The Morgan fingerprint density at radius 3 is 2.46 bits per heavy atom. The number of ether oxygens (including phenoxy) is 1. The van der Waals surface area contributed by atoms with Gasteiger partial charge in [0.2, 0.25) is 5.91 Å². The molecule has 2 amide bonds. The standard InChI is InChI=1S/C18H35N5O3/c1-5-7-8-11-19-17(20-14-16(24)22(3)4)21-15-9-12-23(13-10-15)18(25)26-6-2/h15H,5-14H2,1-4H3,(H2,19,20,21). The van der Waals surface area contributed by atoms with Crippen molar-refractivity contribution >= 4 is 18.0 Å². The number of carbonyl (C=O) groups is 2. The summed E-state index contributed by atoms with van der Waals surface area (Å²) in [5, 5.41) is 6.72. The van der Waals surface area contributed by atoms with Crippen LogP contribution >= 0.6 is 0 Å². The first-order valence-corrected chi connectivity index (χ1v) is 9.64. The molecule has 2 N–H and O–H groups in total. The number of unbranched alkanes of at least 4 members (excludes halogenated alkanes) is 2. The van der Waals surface area contributed by atoms with E-state index in [0.717, 1.165) is 38.6 Å². The molecule has 1 heterocycles. The first-order chi connectivity index (χ1) is 12.5. The van der Waals surface area contributed by atoms with Crippen LogP contribution in [0, 0.1) is 0 Å². The molecule has 1 aliphatic heterocycles. The van der Waals surface area contributed by atoms with Crippen molar-refractivity contribution in [3.05, 3.63) is 0 Å². The van der Waals surface area contributed by atoms with Gasteiger partial charge in [0.05, 0.1) is 6.61 Å². The number of carbonyl (C=O) groups excluding carboxylic acids is 2. The number of amides is 2. The number of piperidine rings is 1. The van der Waals surface area contributed by atoms with E-state index in [1.54, 1.807) is 19.0 Å². The van der Waals surface area contributed by atoms with Crippen LogP contribution in [0.25, 0.3) is 0 Å². The monoisotopic (exact) mass is 369 g/mol. The highest BCUT2D eigenvalue weighted by Crippen LogP contribution is 2.11. The van der Waals surface area contributed by atoms with E-state index in [1.807, 2.05) is 6.92 Å². The molecule has 0 unspecified atom stereocenters. The van der Waals surface area contributed by atoms with Crippen LogP contribution in [0.5, 0.6) is 0 Å². The zero-order chi connectivity index (χ0) is 19.4. The molecule has 0 saturated carbocycles. The van der Waals surface area contributed by atoms with Crippen molar-refractivity contribution in [2.24, 2.45) is 4.99 Å². The van der Waals surface area contributed by atoms with Crippen LogP contribution in [0.4, 0.5) is 4.79 Å². The summed E-state index contributed by atoms with van der Waals surface area (Å²) in [6.45, 7) is 6.66. The fraction of sp³-hybridized carbons (Fsp3) is 0.833. The van der Waals surface area contributed by atoms with E-state index in [-0.39, 0.29) is 24.6 Å². The maximum atomic E-state index is 11.8. The molecule has 0 aromatic heterocycles. The molecular weight excluding hydrogens is 334 g/mol. The van der Waals surface area contributed by atoms with Crippen LogP contribution in [0.2, 0.25) is 0 Å². The van der Waals surface area contributed by atoms with Crippen LogP contribution in [0.3, 0.4) is 0 Å². The van der Waals surface area contributed by atoms with Crippen LogP contribution in [-0.4, -0.2) is 80.7 Å². The lowest BCUT2D eigenvalue weighted by molar-refractivity contribution is -0.127. The Balaban J connectivity index is 2.52. The van der Waals surface area contributed by atoms with E-state index in [0.29, 0.717) is 25.7 Å². The van der Waals surface area contributed by atoms with E-state index < -0.39 is 0 Å². The van der Waals surface area contributed by atoms with Crippen molar-refractivity contribution < 1.29 is 14.3 Å². The predicted molar refractivity (Wildman–Crippen MR) is 103 cm³/mol. The van der Waals surface area contributed by atoms with Gasteiger partial charge in [0.25, 0.3) is 0 Å². The lowest BCUT2D eigenvalue weighted by Gasteiger charge is -2.32. The number of likely N-dealkylation sites (tertiary alicyclic amines) is 1. The average Bonchev–Trinajstić information content (AvgIpc) is 2.63. The smallest absolute Gasteiger partial charge is 0.409 e. The summed E-state index contributed by atoms with van der Waals surface area (Å²) in [6.07, 6.45) is 4.81. The van der Waals surface area contributed by atoms with Crippen molar-refractivity contribution in [2.75, 3.05) is 46.9 Å². The van der Waals surface area contributed by atoms with Crippen molar-refractivity contribution in [3.63, 3.8) is 0 Å². The Labute approximate surface area is 157 Å². The highest BCUT2D eigenvalue weighted by molar-refractivity contribution is 5.85. The quantitative estimate of drug-likeness (QED) is 0.384. The number of nitrogens with zero attached hydrogens (tertiary/aromatic N) is 3. The summed E-state index contributed by atoms with van der Waals surface area (Å²) < 4.78 is 5.05. The normalized spacial score (nSPS) is 15.5. The lowest BCUT2D eigenvalue weighted by atomic mass is 10.1. The van der Waals surface area contributed by atoms with Crippen molar-refractivity contribution in [1.29, 1.82) is 0 Å². The van der Waals surface area contributed by atoms with Crippen molar-refractivity contribution in [1.82, 2.24) is 20.4 Å². The summed E-state index contributed by atoms with van der Waals surface area (Å²) in [5.41, 5.74) is 0. The molecule has 150 valence electrons. The Bertz CT molecular complexity index is 460. The number of likely N-dealkylation sites (N-methyl/N-ethyl adjacent to an activating group) is 1. The van der Waals surface area contributed by atoms with Crippen LogP contribution in [0.1, 0.15) is 46.0 Å². The van der Waals surface area contributed by atoms with E-state index in [1.165, 1.54) is 4.90 Å². The zero-order valence-electron chi connectivity index (χ0n) is 16.7. The van der Waals surface area contributed by atoms with Gasteiger partial charge in [0.1, 0.15) is 6.54 Å². The molecule has 0 aromatic rings. The Morgan fingerprint density at radius 2 is 1.88 bits per heavy atom. The maximum Gasteiger partial charge on any atom is 0.409 e. The second-order valence-corrected chi connectivity index (χ2v) is 6.69. The number of guanidine groups is 1. The molecule has 0 aromatic carbocycles. The first kappa shape index (κ1) is 22.1. The second-order valence-electron chi connectivity index (χ2n) is 6.69. The molecule has 1 aliphatic rings. The Hall–Kier alpha value is -1.99. The highest BCUT2D eigenvalue weighted by Gasteiger charge is 2.24. The van der Waals surface area contributed by atoms with E-state index in [2.05, 4.69) is 22.5 Å². The van der Waals surface area contributed by atoms with Gasteiger partial charge in [-0.15, -0.1) is 0 Å². The van der Waals surface area contributed by atoms with Gasteiger partial charge in [-0.25, -0.2) is 9.79 Å². The molecule has 1 rings (SSSR count). The van der Waals surface area contributed by atoms with Crippen molar-refractivity contribution in [2.45, 2.75) is 52.0 Å². The lowest BCUT2D eigenvalue weighted by Crippen LogP contribution is -2.50. The summed E-state index contributed by atoms with van der Waals surface area (Å²) in [5.74, 6) is 0.641. The van der Waals surface area contributed by atoms with Gasteiger partial charge in [-0.05, 0) is 26.2 Å². The predicted octanol–water partition coefficient (Wildman–Crippen LogP) is 1.42.